The third-order valence-electron chi connectivity index (χ3n) is 1.63. The van der Waals surface area contributed by atoms with E-state index in [1.807, 2.05) is 24.3 Å². The van der Waals surface area contributed by atoms with E-state index in [2.05, 4.69) is 4.98 Å². The Bertz CT molecular complexity index is 431. The van der Waals surface area contributed by atoms with Gasteiger partial charge in [0.05, 0.1) is 5.52 Å². The second kappa shape index (κ2) is 7.26. The summed E-state index contributed by atoms with van der Waals surface area (Å²) in [5.41, 5.74) is 0.826. The molecule has 75 valence electrons. The average molecular weight is 280 g/mol. The van der Waals surface area contributed by atoms with Gasteiger partial charge < -0.3 is 15.2 Å². The van der Waals surface area contributed by atoms with E-state index in [0.29, 0.717) is 0 Å². The van der Waals surface area contributed by atoms with Crippen LogP contribution in [0.15, 0.2) is 41.9 Å². The monoisotopic (exact) mass is 280 g/mol. The van der Waals surface area contributed by atoms with Gasteiger partial charge in [-0.2, -0.15) is 0 Å². The summed E-state index contributed by atoms with van der Waals surface area (Å²) in [6, 6.07) is 9.08. The molecule has 0 aliphatic rings. The fourth-order valence-electron chi connectivity index (χ4n) is 1.08. The number of aromatic hydroxyl groups is 1. The molecule has 15 heavy (non-hydrogen) atoms. The van der Waals surface area contributed by atoms with Gasteiger partial charge in [0.2, 0.25) is 0 Å². The van der Waals surface area contributed by atoms with Crippen LogP contribution in [0.25, 0.3) is 10.9 Å². The summed E-state index contributed by atoms with van der Waals surface area (Å²) >= 11 is 0. The molecule has 2 rings (SSSR count). The summed E-state index contributed by atoms with van der Waals surface area (Å²) in [4.78, 5) is 12.1. The molecule has 5 nitrogen and oxygen atoms in total. The molecule has 6 heteroatoms. The summed E-state index contributed by atoms with van der Waals surface area (Å²) in [5, 5.41) is 19.1. The van der Waals surface area contributed by atoms with Gasteiger partial charge in [0, 0.05) is 44.3 Å². The number of hydrogen-bond donors (Lipinski definition) is 1. The van der Waals surface area contributed by atoms with Crippen molar-refractivity contribution in [3.63, 3.8) is 0 Å². The maximum atomic E-state index is 9.33. The van der Waals surface area contributed by atoms with E-state index in [1.165, 1.54) is 0 Å². The Labute approximate surface area is 111 Å². The van der Waals surface area contributed by atoms with Crippen LogP contribution in [0.4, 0.5) is 0 Å². The Hall–Kier alpha value is -1.07. The van der Waals surface area contributed by atoms with Crippen molar-refractivity contribution >= 4 is 10.9 Å². The van der Waals surface area contributed by atoms with Gasteiger partial charge in [-0.1, -0.05) is 12.1 Å². The summed E-state index contributed by atoms with van der Waals surface area (Å²) < 4.78 is 0. The Balaban J connectivity index is 0.000000443. The van der Waals surface area contributed by atoms with Crippen LogP contribution in [-0.2, 0) is 32.7 Å². The Morgan fingerprint density at radius 3 is 2.47 bits per heavy atom. The van der Waals surface area contributed by atoms with Gasteiger partial charge in [-0.15, -0.1) is 5.34 Å². The van der Waals surface area contributed by atoms with E-state index in [1.54, 1.807) is 12.3 Å². The minimum Gasteiger partial charge on any atom is -0.507 e. The quantitative estimate of drug-likeness (QED) is 0.592. The summed E-state index contributed by atoms with van der Waals surface area (Å²) in [6.45, 7) is 0. The molecule has 0 bridgehead atoms. The summed E-state index contributed by atoms with van der Waals surface area (Å²) in [5.74, 6) is 0.288. The van der Waals surface area contributed by atoms with Crippen LogP contribution in [0.1, 0.15) is 0 Å². The predicted octanol–water partition coefficient (Wildman–Crippen LogP) is 2.19. The zero-order valence-electron chi connectivity index (χ0n) is 7.70. The van der Waals surface area contributed by atoms with Crippen molar-refractivity contribution in [1.29, 1.82) is 0 Å². The van der Waals surface area contributed by atoms with E-state index in [9.17, 15) is 5.11 Å². The number of nitrogens with zero attached hydrogens (tertiary/aromatic N) is 2. The van der Waals surface area contributed by atoms with Crippen molar-refractivity contribution in [2.45, 2.75) is 0 Å². The van der Waals surface area contributed by atoms with Crippen LogP contribution in [0.5, 0.6) is 5.75 Å². The Morgan fingerprint density at radius 1 is 1.27 bits per heavy atom. The first-order chi connectivity index (χ1) is 6.79. The molecule has 0 amide bonds. The topological polar surface area (TPSA) is 85.6 Å². The minimum atomic E-state index is 0. The third-order valence-corrected chi connectivity index (χ3v) is 1.63. The van der Waals surface area contributed by atoms with Crippen LogP contribution in [0, 0.1) is 10.1 Å². The molecule has 0 spiro atoms. The SMILES string of the molecule is O=N[O-].Oc1ccnc2ccccc12.[Y]. The fraction of sp³-hybridized carbons (Fsp3) is 0. The van der Waals surface area contributed by atoms with Gasteiger partial charge in [-0.25, -0.2) is 0 Å². The predicted molar refractivity (Wildman–Crippen MR) is 52.6 cm³/mol. The molecule has 1 aromatic carbocycles. The molecule has 1 heterocycles. The van der Waals surface area contributed by atoms with Gasteiger partial charge in [0.1, 0.15) is 5.75 Å². The van der Waals surface area contributed by atoms with E-state index in [0.717, 1.165) is 16.2 Å². The van der Waals surface area contributed by atoms with E-state index < -0.39 is 0 Å². The molecule has 2 aromatic rings. The smallest absolute Gasteiger partial charge is 0.126 e. The van der Waals surface area contributed by atoms with Crippen molar-refractivity contribution < 1.29 is 37.8 Å². The van der Waals surface area contributed by atoms with Gasteiger partial charge in [-0.05, 0) is 18.2 Å². The van der Waals surface area contributed by atoms with Gasteiger partial charge in [0.25, 0.3) is 0 Å². The molecule has 0 saturated carbocycles. The van der Waals surface area contributed by atoms with Crippen molar-refractivity contribution in [1.82, 2.24) is 4.98 Å². The molecular formula is C9H7N2O3Y-. The van der Waals surface area contributed by atoms with Crippen molar-refractivity contribution in [3.8, 4) is 5.75 Å². The molecule has 0 atom stereocenters. The summed E-state index contributed by atoms with van der Waals surface area (Å²) in [6.07, 6.45) is 1.59. The number of fused-ring (bicyclic) bond motifs is 1. The van der Waals surface area contributed by atoms with E-state index in [-0.39, 0.29) is 38.5 Å². The number of aromatic nitrogens is 1. The van der Waals surface area contributed by atoms with Crippen LogP contribution < -0.4 is 0 Å². The number of rotatable bonds is 0. The van der Waals surface area contributed by atoms with E-state index in [4.69, 9.17) is 10.1 Å². The molecule has 0 fully saturated rings. The maximum absolute atomic E-state index is 9.33. The van der Waals surface area contributed by atoms with Gasteiger partial charge >= 0.3 is 0 Å². The Kier molecular flexibility index (Phi) is 6.74. The van der Waals surface area contributed by atoms with Gasteiger partial charge in [0.15, 0.2) is 0 Å². The number of pyridine rings is 1. The standard InChI is InChI=1S/C9H7NO.HNO2.Y/c11-9-5-6-10-8-4-2-1-3-7(8)9;2-1-3;/h1-6H,(H,10,11);(H,2,3);/p-1. The first kappa shape index (κ1) is 13.9. The second-order valence-corrected chi connectivity index (χ2v) is 2.42. The zero-order chi connectivity index (χ0) is 10.4. The molecule has 1 N–H and O–H groups in total. The maximum Gasteiger partial charge on any atom is 0.126 e. The molecule has 0 aliphatic heterocycles. The number of para-hydroxylation sites is 1. The molecular weight excluding hydrogens is 273 g/mol. The van der Waals surface area contributed by atoms with Crippen LogP contribution >= 0.6 is 0 Å². The molecule has 0 unspecified atom stereocenters. The molecule has 1 aromatic heterocycles. The third kappa shape index (κ3) is 3.89. The molecule has 0 aliphatic carbocycles. The van der Waals surface area contributed by atoms with Crippen molar-refractivity contribution in [3.05, 3.63) is 46.6 Å². The largest absolute Gasteiger partial charge is 0.507 e. The number of benzene rings is 1. The second-order valence-electron chi connectivity index (χ2n) is 2.42. The fourth-order valence-corrected chi connectivity index (χ4v) is 1.08. The van der Waals surface area contributed by atoms with Crippen LogP contribution in [0.2, 0.25) is 0 Å². The Morgan fingerprint density at radius 2 is 1.87 bits per heavy atom. The first-order valence-electron chi connectivity index (χ1n) is 3.77. The zero-order valence-corrected chi connectivity index (χ0v) is 10.5. The minimum absolute atomic E-state index is 0. The summed E-state index contributed by atoms with van der Waals surface area (Å²) in [7, 11) is 0. The van der Waals surface area contributed by atoms with Crippen molar-refractivity contribution in [2.24, 2.45) is 5.34 Å². The molecule has 0 saturated heterocycles. The van der Waals surface area contributed by atoms with E-state index >= 15 is 0 Å². The van der Waals surface area contributed by atoms with Crippen LogP contribution in [0.3, 0.4) is 0 Å². The first-order valence-corrected chi connectivity index (χ1v) is 3.77. The van der Waals surface area contributed by atoms with Crippen LogP contribution in [-0.4, -0.2) is 10.1 Å². The van der Waals surface area contributed by atoms with Crippen molar-refractivity contribution in [2.75, 3.05) is 0 Å². The average Bonchev–Trinajstić information content (AvgIpc) is 2.20. The number of hydrogen-bond acceptors (Lipinski definition) is 5. The normalized spacial score (nSPS) is 8.27. The molecule has 1 radical (unpaired) electrons. The van der Waals surface area contributed by atoms with Gasteiger partial charge in [-0.3, -0.25) is 4.98 Å².